The second kappa shape index (κ2) is 11.8. The van der Waals surface area contributed by atoms with Crippen molar-refractivity contribution in [2.75, 3.05) is 9.80 Å². The van der Waals surface area contributed by atoms with Gasteiger partial charge in [-0.3, -0.25) is 19.7 Å². The first-order chi connectivity index (χ1) is 17.9. The Morgan fingerprint density at radius 1 is 0.946 bits per heavy atom. The van der Waals surface area contributed by atoms with Crippen LogP contribution < -0.4 is 9.80 Å². The molecule has 0 saturated heterocycles. The van der Waals surface area contributed by atoms with Gasteiger partial charge in [-0.2, -0.15) is 0 Å². The maximum absolute atomic E-state index is 13.9. The Kier molecular flexibility index (Phi) is 8.33. The van der Waals surface area contributed by atoms with Crippen LogP contribution in [-0.4, -0.2) is 22.8 Å². The first-order valence-corrected chi connectivity index (χ1v) is 13.0. The molecule has 0 saturated carbocycles. The number of unbranched alkanes of at least 4 members (excludes halogenated alkanes) is 3. The van der Waals surface area contributed by atoms with Crippen LogP contribution in [0.4, 0.5) is 17.1 Å². The molecule has 2 atom stereocenters. The van der Waals surface area contributed by atoms with Crippen LogP contribution in [-0.2, 0) is 4.79 Å². The third-order valence-electron chi connectivity index (χ3n) is 6.96. The molecule has 0 aromatic heterocycles. The number of benzene rings is 3. The van der Waals surface area contributed by atoms with Crippen molar-refractivity contribution in [3.05, 3.63) is 100 Å². The van der Waals surface area contributed by atoms with E-state index in [9.17, 15) is 19.7 Å². The van der Waals surface area contributed by atoms with Crippen LogP contribution in [0.25, 0.3) is 0 Å². The van der Waals surface area contributed by atoms with Crippen molar-refractivity contribution in [2.45, 2.75) is 64.5 Å². The predicted octanol–water partition coefficient (Wildman–Crippen LogP) is 7.08. The van der Waals surface area contributed by atoms with Gasteiger partial charge in [-0.05, 0) is 55.7 Å². The van der Waals surface area contributed by atoms with Gasteiger partial charge in [-0.25, -0.2) is 0 Å². The molecule has 2 amide bonds. The minimum absolute atomic E-state index is 0.0342. The van der Waals surface area contributed by atoms with E-state index in [1.54, 1.807) is 29.2 Å². The van der Waals surface area contributed by atoms with Crippen molar-refractivity contribution in [3.8, 4) is 0 Å². The Bertz CT molecular complexity index is 1240. The Hall–Kier alpha value is -4.00. The van der Waals surface area contributed by atoms with Crippen LogP contribution in [0.3, 0.4) is 0 Å². The maximum atomic E-state index is 13.9. The molecule has 3 aromatic rings. The summed E-state index contributed by atoms with van der Waals surface area (Å²) >= 11 is 0. The molecule has 1 heterocycles. The van der Waals surface area contributed by atoms with Gasteiger partial charge in [0, 0.05) is 41.5 Å². The highest BCUT2D eigenvalue weighted by molar-refractivity contribution is 6.07. The molecule has 0 aliphatic carbocycles. The van der Waals surface area contributed by atoms with E-state index in [-0.39, 0.29) is 29.6 Å². The van der Waals surface area contributed by atoms with E-state index >= 15 is 0 Å². The number of non-ortho nitro benzene ring substituents is 1. The average molecular weight is 500 g/mol. The zero-order chi connectivity index (χ0) is 26.4. The zero-order valence-corrected chi connectivity index (χ0v) is 21.4. The number of nitro benzene ring substituents is 1. The number of fused-ring (bicyclic) bond motifs is 1. The van der Waals surface area contributed by atoms with Crippen molar-refractivity contribution in [3.63, 3.8) is 0 Å². The third-order valence-corrected chi connectivity index (χ3v) is 6.96. The molecule has 7 nitrogen and oxygen atoms in total. The number of carbonyl (C=O) groups excluding carboxylic acids is 2. The second-order valence-corrected chi connectivity index (χ2v) is 9.55. The van der Waals surface area contributed by atoms with Gasteiger partial charge in [0.2, 0.25) is 5.91 Å². The number of nitro groups is 1. The lowest BCUT2D eigenvalue weighted by Gasteiger charge is -2.43. The lowest BCUT2D eigenvalue weighted by atomic mass is 9.89. The fourth-order valence-electron chi connectivity index (χ4n) is 5.12. The van der Waals surface area contributed by atoms with Crippen LogP contribution in [0.15, 0.2) is 78.9 Å². The summed E-state index contributed by atoms with van der Waals surface area (Å²) in [5, 5.41) is 11.2. The van der Waals surface area contributed by atoms with Gasteiger partial charge in [-0.15, -0.1) is 0 Å². The van der Waals surface area contributed by atoms with E-state index in [1.165, 1.54) is 12.1 Å². The number of rotatable bonds is 9. The molecule has 7 heteroatoms. The van der Waals surface area contributed by atoms with Crippen LogP contribution in [0.5, 0.6) is 0 Å². The number of hydrogen-bond donors (Lipinski definition) is 0. The molecule has 37 heavy (non-hydrogen) atoms. The van der Waals surface area contributed by atoms with Crippen LogP contribution in [0.1, 0.15) is 74.3 Å². The first kappa shape index (κ1) is 26.1. The Labute approximate surface area is 217 Å². The molecule has 0 radical (unpaired) electrons. The highest BCUT2D eigenvalue weighted by atomic mass is 16.6. The summed E-state index contributed by atoms with van der Waals surface area (Å²) in [7, 11) is 0. The largest absolute Gasteiger partial charge is 0.309 e. The summed E-state index contributed by atoms with van der Waals surface area (Å²) in [6, 6.07) is 22.4. The molecule has 0 spiro atoms. The second-order valence-electron chi connectivity index (χ2n) is 9.55. The van der Waals surface area contributed by atoms with E-state index in [0.717, 1.165) is 36.9 Å². The summed E-state index contributed by atoms with van der Waals surface area (Å²) in [6.45, 7) is 4.17. The number of nitrogens with zero attached hydrogens (tertiary/aromatic N) is 3. The Morgan fingerprint density at radius 2 is 1.62 bits per heavy atom. The monoisotopic (exact) mass is 499 g/mol. The van der Waals surface area contributed by atoms with Gasteiger partial charge in [0.15, 0.2) is 0 Å². The molecule has 1 aliphatic rings. The molecule has 0 bridgehead atoms. The van der Waals surface area contributed by atoms with Gasteiger partial charge < -0.3 is 9.80 Å². The summed E-state index contributed by atoms with van der Waals surface area (Å²) in [5.74, 6) is -0.0911. The first-order valence-electron chi connectivity index (χ1n) is 13.0. The quantitative estimate of drug-likeness (QED) is 0.179. The van der Waals surface area contributed by atoms with Crippen molar-refractivity contribution in [1.29, 1.82) is 0 Å². The Morgan fingerprint density at radius 3 is 2.30 bits per heavy atom. The van der Waals surface area contributed by atoms with Gasteiger partial charge in [0.1, 0.15) is 0 Å². The number of hydrogen-bond acceptors (Lipinski definition) is 4. The summed E-state index contributed by atoms with van der Waals surface area (Å²) in [4.78, 5) is 41.6. The van der Waals surface area contributed by atoms with Crippen LogP contribution >= 0.6 is 0 Å². The van der Waals surface area contributed by atoms with Gasteiger partial charge in [-0.1, -0.05) is 62.6 Å². The highest BCUT2D eigenvalue weighted by Gasteiger charge is 2.38. The van der Waals surface area contributed by atoms with Crippen molar-refractivity contribution in [1.82, 2.24) is 0 Å². The predicted molar refractivity (Wildman–Crippen MR) is 146 cm³/mol. The SMILES string of the molecule is CCCCCCC(=O)N1c2ccccc2C(N(C(=O)c2ccccc2)c2ccc([N+](=O)[O-])cc2)CC1C. The van der Waals surface area contributed by atoms with E-state index in [2.05, 4.69) is 6.92 Å². The van der Waals surface area contributed by atoms with E-state index in [4.69, 9.17) is 0 Å². The van der Waals surface area contributed by atoms with E-state index < -0.39 is 4.92 Å². The number of anilines is 2. The van der Waals surface area contributed by atoms with E-state index in [1.807, 2.05) is 54.3 Å². The van der Waals surface area contributed by atoms with Crippen LogP contribution in [0, 0.1) is 10.1 Å². The van der Waals surface area contributed by atoms with Crippen molar-refractivity contribution in [2.24, 2.45) is 0 Å². The molecular weight excluding hydrogens is 466 g/mol. The standard InChI is InChI=1S/C30H33N3O4/c1-3-4-5-9-16-29(34)31-22(2)21-28(26-14-10-11-15-27(26)31)32(30(35)23-12-7-6-8-13-23)24-17-19-25(20-18-24)33(36)37/h6-8,10-15,17-20,22,28H,3-5,9,16,21H2,1-2H3. The normalized spacial score (nSPS) is 16.6. The minimum Gasteiger partial charge on any atom is -0.309 e. The molecule has 192 valence electrons. The summed E-state index contributed by atoms with van der Waals surface area (Å²) in [6.07, 6.45) is 5.18. The number of para-hydroxylation sites is 1. The molecule has 0 N–H and O–H groups in total. The molecule has 4 rings (SSSR count). The van der Waals surface area contributed by atoms with Crippen molar-refractivity contribution < 1.29 is 14.5 Å². The molecule has 1 aliphatic heterocycles. The summed E-state index contributed by atoms with van der Waals surface area (Å²) < 4.78 is 0. The lowest BCUT2D eigenvalue weighted by Crippen LogP contribution is -2.47. The fourth-order valence-corrected chi connectivity index (χ4v) is 5.12. The average Bonchev–Trinajstić information content (AvgIpc) is 2.92. The smallest absolute Gasteiger partial charge is 0.269 e. The zero-order valence-electron chi connectivity index (χ0n) is 21.4. The van der Waals surface area contributed by atoms with Crippen LogP contribution in [0.2, 0.25) is 0 Å². The van der Waals surface area contributed by atoms with Gasteiger partial charge in [0.25, 0.3) is 11.6 Å². The molecular formula is C30H33N3O4. The van der Waals surface area contributed by atoms with Gasteiger partial charge >= 0.3 is 0 Å². The minimum atomic E-state index is -0.449. The number of carbonyl (C=O) groups is 2. The molecule has 0 fully saturated rings. The summed E-state index contributed by atoms with van der Waals surface area (Å²) in [5.41, 5.74) is 2.78. The third kappa shape index (κ3) is 5.71. The number of amides is 2. The van der Waals surface area contributed by atoms with E-state index in [0.29, 0.717) is 24.1 Å². The fraction of sp³-hybridized carbons (Fsp3) is 0.333. The molecule has 3 aromatic carbocycles. The highest BCUT2D eigenvalue weighted by Crippen LogP contribution is 2.43. The maximum Gasteiger partial charge on any atom is 0.269 e. The topological polar surface area (TPSA) is 83.8 Å². The van der Waals surface area contributed by atoms with Crippen molar-refractivity contribution >= 4 is 28.9 Å². The molecule has 2 unspecified atom stereocenters. The lowest BCUT2D eigenvalue weighted by molar-refractivity contribution is -0.384. The van der Waals surface area contributed by atoms with Gasteiger partial charge in [0.05, 0.1) is 11.0 Å². The Balaban J connectivity index is 1.74.